The highest BCUT2D eigenvalue weighted by molar-refractivity contribution is 6.15. The molecule has 1 heterocycles. The largest absolute Gasteiger partial charge is 0.409 e. The van der Waals surface area contributed by atoms with Gasteiger partial charge in [-0.25, -0.2) is 8.78 Å². The van der Waals surface area contributed by atoms with Crippen LogP contribution in [0.15, 0.2) is 36.4 Å². The summed E-state index contributed by atoms with van der Waals surface area (Å²) in [5.41, 5.74) is 3.73. The molecule has 2 aromatic carbocycles. The Hall–Kier alpha value is -3.54. The summed E-state index contributed by atoms with van der Waals surface area (Å²) in [6.45, 7) is -1.80. The van der Waals surface area contributed by atoms with Crippen LogP contribution in [0.25, 0.3) is 0 Å². The van der Waals surface area contributed by atoms with E-state index in [1.165, 1.54) is 18.2 Å². The predicted octanol–water partition coefficient (Wildman–Crippen LogP) is 3.05. The number of nitrogen functional groups attached to an aromatic ring is 1. The van der Waals surface area contributed by atoms with Crippen molar-refractivity contribution >= 4 is 23.3 Å². The van der Waals surface area contributed by atoms with Gasteiger partial charge in [-0.3, -0.25) is 14.4 Å². The van der Waals surface area contributed by atoms with Gasteiger partial charge in [-0.05, 0) is 54.2 Å². The zero-order valence-electron chi connectivity index (χ0n) is 19.4. The predicted molar refractivity (Wildman–Crippen MR) is 118 cm³/mol. The van der Waals surface area contributed by atoms with Crippen LogP contribution in [0.4, 0.5) is 27.6 Å². The lowest BCUT2D eigenvalue weighted by atomic mass is 9.93. The fourth-order valence-electron chi connectivity index (χ4n) is 5.08. The molecule has 196 valence electrons. The molecule has 0 radical (unpaired) electrons. The molecule has 2 fully saturated rings. The average molecular weight is 523 g/mol. The summed E-state index contributed by atoms with van der Waals surface area (Å²) in [6, 6.07) is 4.79. The molecule has 1 spiro atoms. The van der Waals surface area contributed by atoms with Crippen LogP contribution in [0, 0.1) is 17.6 Å². The molecule has 2 atom stereocenters. The van der Waals surface area contributed by atoms with Gasteiger partial charge in [0, 0.05) is 18.5 Å². The third-order valence-electron chi connectivity index (χ3n) is 7.02. The number of benzene rings is 2. The maximum atomic E-state index is 14.2. The van der Waals surface area contributed by atoms with E-state index in [1.54, 1.807) is 0 Å². The molecule has 1 saturated carbocycles. The van der Waals surface area contributed by atoms with E-state index in [0.717, 1.165) is 23.1 Å². The van der Waals surface area contributed by atoms with Gasteiger partial charge in [-0.1, -0.05) is 12.1 Å². The molecular weight excluding hydrogens is 501 g/mol. The number of carbonyl (C=O) groups is 3. The topological polar surface area (TPSA) is 92.9 Å². The Morgan fingerprint density at radius 3 is 2.46 bits per heavy atom. The number of nitrogens with two attached hydrogens (primary N) is 1. The highest BCUT2D eigenvalue weighted by atomic mass is 19.4. The van der Waals surface area contributed by atoms with Crippen LogP contribution in [0.2, 0.25) is 0 Å². The first kappa shape index (κ1) is 25.1. The van der Waals surface area contributed by atoms with Crippen LogP contribution in [-0.2, 0) is 37.7 Å². The fourth-order valence-corrected chi connectivity index (χ4v) is 5.08. The first-order chi connectivity index (χ1) is 17.4. The number of fused-ring (bicyclic) bond motifs is 2. The monoisotopic (exact) mass is 523 g/mol. The van der Waals surface area contributed by atoms with E-state index in [2.05, 4.69) is 0 Å². The molecule has 3 aliphatic rings. The van der Waals surface area contributed by atoms with Gasteiger partial charge in [0.05, 0.1) is 5.69 Å². The summed E-state index contributed by atoms with van der Waals surface area (Å²) < 4.78 is 75.2. The van der Waals surface area contributed by atoms with Gasteiger partial charge in [0.15, 0.2) is 5.78 Å². The Labute approximate surface area is 208 Å². The molecular formula is C25H22F5N3O4. The van der Waals surface area contributed by atoms with Crippen molar-refractivity contribution in [2.45, 2.75) is 43.6 Å². The van der Waals surface area contributed by atoms with Crippen molar-refractivity contribution in [3.05, 3.63) is 64.7 Å². The normalized spacial score (nSPS) is 22.0. The molecule has 2 amide bonds. The molecule has 5 rings (SSSR count). The number of amides is 2. The minimum absolute atomic E-state index is 0.0292. The van der Waals surface area contributed by atoms with Crippen LogP contribution in [0.3, 0.4) is 0 Å². The van der Waals surface area contributed by atoms with E-state index in [-0.39, 0.29) is 36.1 Å². The second-order valence-corrected chi connectivity index (χ2v) is 9.56. The smallest absolute Gasteiger partial charge is 0.396 e. The maximum Gasteiger partial charge on any atom is 0.409 e. The summed E-state index contributed by atoms with van der Waals surface area (Å²) in [4.78, 5) is 41.0. The number of alkyl halides is 3. The molecule has 1 aliphatic heterocycles. The summed E-state index contributed by atoms with van der Waals surface area (Å²) in [5.74, 6) is -4.88. The van der Waals surface area contributed by atoms with E-state index in [9.17, 15) is 36.3 Å². The van der Waals surface area contributed by atoms with Crippen LogP contribution in [0.1, 0.15) is 29.5 Å². The number of hydrogen-bond acceptors (Lipinski definition) is 5. The zero-order chi connectivity index (χ0) is 26.7. The summed E-state index contributed by atoms with van der Waals surface area (Å²) >= 11 is 0. The molecule has 0 bridgehead atoms. The van der Waals surface area contributed by atoms with Crippen LogP contribution >= 0.6 is 0 Å². The number of ether oxygens (including phenoxy) is 1. The zero-order valence-corrected chi connectivity index (χ0v) is 19.4. The lowest BCUT2D eigenvalue weighted by Gasteiger charge is -2.34. The van der Waals surface area contributed by atoms with Gasteiger partial charge < -0.3 is 20.3 Å². The minimum Gasteiger partial charge on any atom is -0.396 e. The van der Waals surface area contributed by atoms with Crippen molar-refractivity contribution in [2.75, 3.05) is 19.0 Å². The third kappa shape index (κ3) is 4.32. The van der Waals surface area contributed by atoms with Gasteiger partial charge in [0.2, 0.25) is 11.5 Å². The Bertz CT molecular complexity index is 1280. The second-order valence-electron chi connectivity index (χ2n) is 9.56. The molecule has 2 aliphatic carbocycles. The first-order valence-corrected chi connectivity index (χ1v) is 11.6. The van der Waals surface area contributed by atoms with E-state index in [1.807, 2.05) is 0 Å². The van der Waals surface area contributed by atoms with Crippen LogP contribution < -0.4 is 5.73 Å². The number of Topliss-reactive ketones (excluding diaryl/α,β-unsaturated/α-hetero) is 1. The highest BCUT2D eigenvalue weighted by Crippen LogP contribution is 2.45. The number of hydrogen-bond donors (Lipinski definition) is 1. The van der Waals surface area contributed by atoms with Crippen molar-refractivity contribution in [3.8, 4) is 0 Å². The fraction of sp³-hybridized carbons (Fsp3) is 0.400. The molecule has 2 unspecified atom stereocenters. The lowest BCUT2D eigenvalue weighted by molar-refractivity contribution is -0.196. The summed E-state index contributed by atoms with van der Waals surface area (Å²) in [6.07, 6.45) is -4.41. The number of anilines is 1. The van der Waals surface area contributed by atoms with Gasteiger partial charge in [0.25, 0.3) is 5.91 Å². The third-order valence-corrected chi connectivity index (χ3v) is 7.02. The van der Waals surface area contributed by atoms with Crippen molar-refractivity contribution in [2.24, 2.45) is 5.92 Å². The molecule has 7 nitrogen and oxygen atoms in total. The molecule has 37 heavy (non-hydrogen) atoms. The molecule has 1 saturated heterocycles. The number of halogens is 5. The Kier molecular flexibility index (Phi) is 5.97. The second kappa shape index (κ2) is 8.79. The van der Waals surface area contributed by atoms with Crippen molar-refractivity contribution in [1.82, 2.24) is 9.80 Å². The molecule has 0 aromatic heterocycles. The molecule has 2 aromatic rings. The maximum absolute atomic E-state index is 14.2. The van der Waals surface area contributed by atoms with E-state index >= 15 is 0 Å². The van der Waals surface area contributed by atoms with Gasteiger partial charge >= 0.3 is 6.18 Å². The number of carbonyl (C=O) groups excluding carboxylic acids is 3. The van der Waals surface area contributed by atoms with E-state index < -0.39 is 72.8 Å². The van der Waals surface area contributed by atoms with Crippen LogP contribution in [-0.4, -0.2) is 52.9 Å². The SMILES string of the molecule is Nc1cc2c(cc1F)C1(OCN(CC(=O)N(Cc3ccc(F)cc3)C(C3CC3)C(F)(F)F)C1=O)C(=O)C2. The molecule has 12 heteroatoms. The highest BCUT2D eigenvalue weighted by Gasteiger charge is 2.60. The van der Waals surface area contributed by atoms with Crippen LogP contribution in [0.5, 0.6) is 0 Å². The summed E-state index contributed by atoms with van der Waals surface area (Å²) in [7, 11) is 0. The van der Waals surface area contributed by atoms with E-state index in [0.29, 0.717) is 10.5 Å². The van der Waals surface area contributed by atoms with Crippen molar-refractivity contribution < 1.29 is 41.1 Å². The minimum atomic E-state index is -4.73. The first-order valence-electron chi connectivity index (χ1n) is 11.6. The standard InChI is InChI=1S/C25H22F5N3O4/c26-16-5-1-13(2-6-16)10-33(22(14-3-4-14)25(28,29)30)21(35)11-32-12-37-24(23(32)36)17-9-18(27)19(31)7-15(17)8-20(24)34/h1-2,5-7,9,14,22H,3-4,8,10-12,31H2. The van der Waals surface area contributed by atoms with Gasteiger partial charge in [-0.2, -0.15) is 13.2 Å². The lowest BCUT2D eigenvalue weighted by Crippen LogP contribution is -2.53. The van der Waals surface area contributed by atoms with Crippen molar-refractivity contribution in [1.29, 1.82) is 0 Å². The average Bonchev–Trinajstić information content (AvgIpc) is 3.54. The number of nitrogens with zero attached hydrogens (tertiary/aromatic N) is 2. The van der Waals surface area contributed by atoms with Gasteiger partial charge in [0.1, 0.15) is 31.0 Å². The number of rotatable bonds is 6. The summed E-state index contributed by atoms with van der Waals surface area (Å²) in [5, 5.41) is 0. The van der Waals surface area contributed by atoms with Crippen molar-refractivity contribution in [3.63, 3.8) is 0 Å². The molecule has 2 N–H and O–H groups in total. The van der Waals surface area contributed by atoms with Gasteiger partial charge in [-0.15, -0.1) is 0 Å². The number of ketones is 1. The Morgan fingerprint density at radius 2 is 1.84 bits per heavy atom. The Balaban J connectivity index is 1.42. The quantitative estimate of drug-likeness (QED) is 0.357. The Morgan fingerprint density at radius 1 is 1.16 bits per heavy atom. The van der Waals surface area contributed by atoms with E-state index in [4.69, 9.17) is 10.5 Å².